The molecule has 4 unspecified atom stereocenters. The van der Waals surface area contributed by atoms with Crippen molar-refractivity contribution in [3.63, 3.8) is 0 Å². The zero-order valence-corrected chi connectivity index (χ0v) is 14.4. The first-order valence-electron chi connectivity index (χ1n) is 10.1. The third-order valence-electron chi connectivity index (χ3n) is 8.59. The van der Waals surface area contributed by atoms with E-state index >= 15 is 0 Å². The second-order valence-electron chi connectivity index (χ2n) is 9.77. The first-order valence-corrected chi connectivity index (χ1v) is 10.1. The first kappa shape index (κ1) is 16.8. The molecule has 0 spiro atoms. The lowest BCUT2D eigenvalue weighted by atomic mass is 9.67. The van der Waals surface area contributed by atoms with Crippen molar-refractivity contribution in [3.8, 4) is 0 Å². The highest BCUT2D eigenvalue weighted by Gasteiger charge is 2.49. The molecule has 0 bridgehead atoms. The number of hydrogen-bond donors (Lipinski definition) is 0. The molecule has 0 saturated heterocycles. The minimum atomic E-state index is 0. The van der Waals surface area contributed by atoms with Crippen LogP contribution in [0.1, 0.15) is 98.3 Å². The molecule has 0 nitrogen and oxygen atoms in total. The van der Waals surface area contributed by atoms with Gasteiger partial charge < -0.3 is 0 Å². The van der Waals surface area contributed by atoms with Gasteiger partial charge in [0.05, 0.1) is 0 Å². The molecule has 0 heterocycles. The Bertz CT molecular complexity index is 306. The Labute approximate surface area is 139 Å². The maximum atomic E-state index is 2.66. The average molecular weight is 305 g/mol. The number of fused-ring (bicyclic) bond motifs is 2. The highest BCUT2D eigenvalue weighted by molar-refractivity contribution is 4.99. The highest BCUT2D eigenvalue weighted by Crippen LogP contribution is 2.58. The molecule has 0 N–H and O–H groups in total. The molecule has 0 amide bonds. The van der Waals surface area contributed by atoms with Gasteiger partial charge in [0.2, 0.25) is 0 Å². The minimum Gasteiger partial charge on any atom is -0.0776 e. The van der Waals surface area contributed by atoms with Crippen LogP contribution in [0.4, 0.5) is 0 Å². The normalized spacial score (nSPS) is 45.0. The van der Waals surface area contributed by atoms with E-state index in [2.05, 4.69) is 13.8 Å². The smallest absolute Gasteiger partial charge is 0.0297 e. The molecule has 4 aliphatic rings. The van der Waals surface area contributed by atoms with Gasteiger partial charge in [0.15, 0.2) is 0 Å². The van der Waals surface area contributed by atoms with Crippen LogP contribution in [0, 0.1) is 40.9 Å². The Hall–Kier alpha value is 0. The maximum absolute atomic E-state index is 2.66. The topological polar surface area (TPSA) is 0 Å². The standard InChI is InChI=1S/C21H36.CH4/c1-21(2,19-11-15-7-3-4-8-16(15)12-19)20-13-17-9-5-6-10-18(17)14-20;/h15-20H,3-14H2,1-2H3;1H4. The highest BCUT2D eigenvalue weighted by atomic mass is 14.5. The molecular formula is C22H40. The van der Waals surface area contributed by atoms with E-state index < -0.39 is 0 Å². The fraction of sp³-hybridized carbons (Fsp3) is 1.00. The van der Waals surface area contributed by atoms with Crippen LogP contribution in [0.5, 0.6) is 0 Å². The van der Waals surface area contributed by atoms with Gasteiger partial charge in [-0.05, 0) is 66.6 Å². The Morgan fingerprint density at radius 2 is 0.818 bits per heavy atom. The van der Waals surface area contributed by atoms with Crippen molar-refractivity contribution in [2.75, 3.05) is 0 Å². The van der Waals surface area contributed by atoms with Crippen LogP contribution in [0.3, 0.4) is 0 Å². The molecule has 0 aliphatic heterocycles. The molecule has 4 rings (SSSR count). The third kappa shape index (κ3) is 2.89. The largest absolute Gasteiger partial charge is 0.0776 e. The van der Waals surface area contributed by atoms with Crippen LogP contribution in [-0.4, -0.2) is 0 Å². The molecule has 4 fully saturated rings. The van der Waals surface area contributed by atoms with Crippen molar-refractivity contribution in [2.24, 2.45) is 40.9 Å². The number of hydrogen-bond acceptors (Lipinski definition) is 0. The summed E-state index contributed by atoms with van der Waals surface area (Å²) in [6.07, 6.45) is 18.7. The minimum absolute atomic E-state index is 0. The van der Waals surface area contributed by atoms with Crippen molar-refractivity contribution in [1.82, 2.24) is 0 Å². The quantitative estimate of drug-likeness (QED) is 0.511. The predicted molar refractivity (Wildman–Crippen MR) is 96.9 cm³/mol. The van der Waals surface area contributed by atoms with E-state index in [4.69, 9.17) is 0 Å². The van der Waals surface area contributed by atoms with Crippen LogP contribution < -0.4 is 0 Å². The molecule has 0 aromatic rings. The maximum Gasteiger partial charge on any atom is -0.0297 e. The molecule has 0 radical (unpaired) electrons. The second-order valence-corrected chi connectivity index (χ2v) is 9.77. The van der Waals surface area contributed by atoms with Gasteiger partial charge in [0, 0.05) is 0 Å². The van der Waals surface area contributed by atoms with Gasteiger partial charge in [-0.1, -0.05) is 72.6 Å². The summed E-state index contributed by atoms with van der Waals surface area (Å²) in [7, 11) is 0. The summed E-state index contributed by atoms with van der Waals surface area (Å²) in [5.41, 5.74) is 0.634. The van der Waals surface area contributed by atoms with E-state index in [0.29, 0.717) is 5.41 Å². The van der Waals surface area contributed by atoms with Crippen molar-refractivity contribution in [2.45, 2.75) is 98.3 Å². The molecule has 4 atom stereocenters. The van der Waals surface area contributed by atoms with Crippen LogP contribution in [0.25, 0.3) is 0 Å². The lowest BCUT2D eigenvalue weighted by molar-refractivity contribution is 0.111. The van der Waals surface area contributed by atoms with Gasteiger partial charge in [0.1, 0.15) is 0 Å². The van der Waals surface area contributed by atoms with Crippen LogP contribution in [0.2, 0.25) is 0 Å². The van der Waals surface area contributed by atoms with Crippen LogP contribution in [0.15, 0.2) is 0 Å². The summed E-state index contributed by atoms with van der Waals surface area (Å²) in [5, 5.41) is 0. The molecule has 128 valence electrons. The summed E-state index contributed by atoms with van der Waals surface area (Å²) < 4.78 is 0. The molecular weight excluding hydrogens is 264 g/mol. The zero-order chi connectivity index (χ0) is 14.4. The van der Waals surface area contributed by atoms with E-state index in [0.717, 1.165) is 35.5 Å². The van der Waals surface area contributed by atoms with E-state index in [1.165, 1.54) is 25.7 Å². The summed E-state index contributed by atoms with van der Waals surface area (Å²) in [6.45, 7) is 5.33. The van der Waals surface area contributed by atoms with E-state index in [-0.39, 0.29) is 7.43 Å². The molecule has 22 heavy (non-hydrogen) atoms. The van der Waals surface area contributed by atoms with Gasteiger partial charge in [-0.25, -0.2) is 0 Å². The second kappa shape index (κ2) is 6.48. The van der Waals surface area contributed by atoms with Crippen LogP contribution >= 0.6 is 0 Å². The Balaban J connectivity index is 0.00000144. The van der Waals surface area contributed by atoms with Gasteiger partial charge in [0.25, 0.3) is 0 Å². The van der Waals surface area contributed by atoms with Gasteiger partial charge in [-0.2, -0.15) is 0 Å². The summed E-state index contributed by atoms with van der Waals surface area (Å²) >= 11 is 0. The van der Waals surface area contributed by atoms with Crippen molar-refractivity contribution >= 4 is 0 Å². The first-order chi connectivity index (χ1) is 10.1. The SMILES string of the molecule is C.CC(C)(C1CC2CCCCC2C1)C1CC2CCCCC2C1. The van der Waals surface area contributed by atoms with E-state index in [9.17, 15) is 0 Å². The molecule has 0 aromatic heterocycles. The van der Waals surface area contributed by atoms with Gasteiger partial charge in [-0.15, -0.1) is 0 Å². The Kier molecular flexibility index (Phi) is 4.96. The van der Waals surface area contributed by atoms with Crippen molar-refractivity contribution in [3.05, 3.63) is 0 Å². The lowest BCUT2D eigenvalue weighted by Crippen LogP contribution is -2.30. The Morgan fingerprint density at radius 3 is 1.09 bits per heavy atom. The summed E-state index contributed by atoms with van der Waals surface area (Å²) in [5.74, 6) is 6.57. The fourth-order valence-corrected chi connectivity index (χ4v) is 7.01. The number of rotatable bonds is 2. The van der Waals surface area contributed by atoms with Gasteiger partial charge >= 0.3 is 0 Å². The monoisotopic (exact) mass is 304 g/mol. The van der Waals surface area contributed by atoms with Crippen LogP contribution in [-0.2, 0) is 0 Å². The lowest BCUT2D eigenvalue weighted by Gasteiger charge is -2.38. The zero-order valence-electron chi connectivity index (χ0n) is 14.4. The average Bonchev–Trinajstić information content (AvgIpc) is 3.11. The predicted octanol–water partition coefficient (Wildman–Crippen LogP) is 7.08. The van der Waals surface area contributed by atoms with E-state index in [1.807, 2.05) is 0 Å². The van der Waals surface area contributed by atoms with Gasteiger partial charge in [-0.3, -0.25) is 0 Å². The molecule has 0 aromatic carbocycles. The molecule has 0 heteroatoms. The summed E-state index contributed by atoms with van der Waals surface area (Å²) in [6, 6.07) is 0. The van der Waals surface area contributed by atoms with E-state index in [1.54, 1.807) is 51.4 Å². The summed E-state index contributed by atoms with van der Waals surface area (Å²) in [4.78, 5) is 0. The molecule has 4 aliphatic carbocycles. The fourth-order valence-electron chi connectivity index (χ4n) is 7.01. The Morgan fingerprint density at radius 1 is 0.545 bits per heavy atom. The third-order valence-corrected chi connectivity index (χ3v) is 8.59. The van der Waals surface area contributed by atoms with Crippen molar-refractivity contribution in [1.29, 1.82) is 0 Å². The van der Waals surface area contributed by atoms with Crippen molar-refractivity contribution < 1.29 is 0 Å². The molecule has 4 saturated carbocycles.